The number of anilines is 1. The number of nitrogens with zero attached hydrogens (tertiary/aromatic N) is 1. The number of amides is 1. The normalized spacial score (nSPS) is 12.5. The summed E-state index contributed by atoms with van der Waals surface area (Å²) >= 11 is 0. The lowest BCUT2D eigenvalue weighted by molar-refractivity contribution is -0.137. The molecule has 2 rings (SSSR count). The molecule has 1 amide bonds. The summed E-state index contributed by atoms with van der Waals surface area (Å²) in [6.45, 7) is 4.59. The van der Waals surface area contributed by atoms with Crippen LogP contribution in [0.3, 0.4) is 0 Å². The van der Waals surface area contributed by atoms with Crippen molar-refractivity contribution in [1.82, 2.24) is 4.98 Å². The molecule has 0 spiro atoms. The van der Waals surface area contributed by atoms with E-state index >= 15 is 0 Å². The summed E-state index contributed by atoms with van der Waals surface area (Å²) in [4.78, 5) is 15.8. The molecule has 0 atom stereocenters. The number of hydrogen-bond acceptors (Lipinski definition) is 5. The van der Waals surface area contributed by atoms with Crippen LogP contribution >= 0.6 is 0 Å². The molecule has 2 aromatic rings. The summed E-state index contributed by atoms with van der Waals surface area (Å²) in [5.41, 5.74) is -1.46. The number of halogens is 4. The number of benzene rings is 1. The molecule has 0 saturated carbocycles. The molecule has 1 aromatic carbocycles. The van der Waals surface area contributed by atoms with Crippen molar-refractivity contribution < 1.29 is 30.8 Å². The van der Waals surface area contributed by atoms with E-state index < -0.39 is 43.8 Å². The lowest BCUT2D eigenvalue weighted by atomic mass is 10.0. The standard InChI is InChI=1S/C21H23F4N3O3S/c1-4-5-18(26)20(2,3)32(30,31)12-13-10-15(7-8-16(13)22)28-19(29)17-9-6-14(11-27-17)21(23,24)25/h6-11,26H,4-5,12H2,1-3H3,(H,28,29). The average Bonchev–Trinajstić information content (AvgIpc) is 2.69. The Morgan fingerprint density at radius 3 is 2.34 bits per heavy atom. The number of alkyl halides is 3. The van der Waals surface area contributed by atoms with Gasteiger partial charge in [-0.1, -0.05) is 13.3 Å². The molecule has 0 aliphatic heterocycles. The van der Waals surface area contributed by atoms with Crippen LogP contribution in [0, 0.1) is 11.2 Å². The van der Waals surface area contributed by atoms with E-state index in [0.29, 0.717) is 18.7 Å². The molecule has 32 heavy (non-hydrogen) atoms. The second-order valence-electron chi connectivity index (χ2n) is 7.69. The number of rotatable bonds is 8. The number of aromatic nitrogens is 1. The van der Waals surface area contributed by atoms with Gasteiger partial charge in [0, 0.05) is 23.2 Å². The topological polar surface area (TPSA) is 100.0 Å². The van der Waals surface area contributed by atoms with Crippen molar-refractivity contribution in [3.63, 3.8) is 0 Å². The summed E-state index contributed by atoms with van der Waals surface area (Å²) in [6.07, 6.45) is -3.21. The predicted molar refractivity (Wildman–Crippen MR) is 113 cm³/mol. The molecular weight excluding hydrogens is 450 g/mol. The molecular formula is C21H23F4N3O3S. The van der Waals surface area contributed by atoms with E-state index in [-0.39, 0.29) is 29.1 Å². The van der Waals surface area contributed by atoms with E-state index in [2.05, 4.69) is 10.3 Å². The Morgan fingerprint density at radius 2 is 1.81 bits per heavy atom. The van der Waals surface area contributed by atoms with Crippen molar-refractivity contribution in [2.24, 2.45) is 0 Å². The first-order chi connectivity index (χ1) is 14.7. The van der Waals surface area contributed by atoms with Crippen molar-refractivity contribution in [1.29, 1.82) is 5.41 Å². The van der Waals surface area contributed by atoms with Crippen LogP contribution in [0.4, 0.5) is 23.2 Å². The third-order valence-electron chi connectivity index (χ3n) is 4.98. The Hall–Kier alpha value is -2.82. The van der Waals surface area contributed by atoms with Crippen LogP contribution in [0.25, 0.3) is 0 Å². The van der Waals surface area contributed by atoms with Crippen LogP contribution < -0.4 is 5.32 Å². The summed E-state index contributed by atoms with van der Waals surface area (Å²) in [5.74, 6) is -2.35. The molecule has 1 heterocycles. The van der Waals surface area contributed by atoms with Gasteiger partial charge in [0.25, 0.3) is 5.91 Å². The number of pyridine rings is 1. The Kier molecular flexibility index (Phi) is 7.44. The van der Waals surface area contributed by atoms with Gasteiger partial charge in [-0.25, -0.2) is 12.8 Å². The first-order valence-corrected chi connectivity index (χ1v) is 11.3. The molecule has 11 heteroatoms. The molecule has 6 nitrogen and oxygen atoms in total. The highest BCUT2D eigenvalue weighted by Crippen LogP contribution is 2.29. The van der Waals surface area contributed by atoms with Crippen molar-refractivity contribution in [2.45, 2.75) is 50.3 Å². The molecule has 0 aliphatic rings. The summed E-state index contributed by atoms with van der Waals surface area (Å²) in [5, 5.41) is 10.4. The Labute approximate surface area is 183 Å². The zero-order valence-electron chi connectivity index (χ0n) is 17.7. The summed E-state index contributed by atoms with van der Waals surface area (Å²) < 4.78 is 76.4. The number of carbonyl (C=O) groups is 1. The Morgan fingerprint density at radius 1 is 1.16 bits per heavy atom. The maximum Gasteiger partial charge on any atom is 0.417 e. The molecule has 2 N–H and O–H groups in total. The molecule has 0 saturated heterocycles. The SMILES string of the molecule is CCCC(=N)C(C)(C)S(=O)(=O)Cc1cc(NC(=O)c2ccc(C(F)(F)F)cn2)ccc1F. The number of nitrogens with one attached hydrogen (secondary N) is 2. The first-order valence-electron chi connectivity index (χ1n) is 9.62. The maximum atomic E-state index is 14.3. The van der Waals surface area contributed by atoms with Gasteiger partial charge in [0.2, 0.25) is 0 Å². The van der Waals surface area contributed by atoms with Crippen LogP contribution in [-0.2, 0) is 21.8 Å². The highest BCUT2D eigenvalue weighted by molar-refractivity contribution is 7.92. The van der Waals surface area contributed by atoms with Gasteiger partial charge < -0.3 is 10.7 Å². The van der Waals surface area contributed by atoms with E-state index in [0.717, 1.165) is 18.2 Å². The maximum absolute atomic E-state index is 14.3. The van der Waals surface area contributed by atoms with Crippen LogP contribution in [0.1, 0.15) is 55.2 Å². The molecule has 0 fully saturated rings. The van der Waals surface area contributed by atoms with Gasteiger partial charge in [0.1, 0.15) is 16.3 Å². The third-order valence-corrected chi connectivity index (χ3v) is 7.47. The monoisotopic (exact) mass is 473 g/mol. The van der Waals surface area contributed by atoms with E-state index in [4.69, 9.17) is 5.41 Å². The summed E-state index contributed by atoms with van der Waals surface area (Å²) in [6, 6.07) is 4.91. The van der Waals surface area contributed by atoms with E-state index in [1.54, 1.807) is 0 Å². The second-order valence-corrected chi connectivity index (χ2v) is 10.2. The van der Waals surface area contributed by atoms with Gasteiger partial charge >= 0.3 is 6.18 Å². The fraction of sp³-hybridized carbons (Fsp3) is 0.381. The van der Waals surface area contributed by atoms with Crippen LogP contribution in [0.15, 0.2) is 36.5 Å². The Bertz CT molecular complexity index is 1110. The fourth-order valence-electron chi connectivity index (χ4n) is 2.78. The van der Waals surface area contributed by atoms with Crippen molar-refractivity contribution in [3.8, 4) is 0 Å². The number of hydrogen-bond donors (Lipinski definition) is 2. The van der Waals surface area contributed by atoms with Gasteiger partial charge in [0.15, 0.2) is 9.84 Å². The van der Waals surface area contributed by atoms with Gasteiger partial charge in [-0.15, -0.1) is 0 Å². The van der Waals surface area contributed by atoms with Gasteiger partial charge in [0.05, 0.1) is 11.3 Å². The van der Waals surface area contributed by atoms with Crippen LogP contribution in [-0.4, -0.2) is 29.8 Å². The van der Waals surface area contributed by atoms with E-state index in [9.17, 15) is 30.8 Å². The lowest BCUT2D eigenvalue weighted by Gasteiger charge is -2.26. The average molecular weight is 473 g/mol. The molecule has 0 unspecified atom stereocenters. The third kappa shape index (κ3) is 5.70. The highest BCUT2D eigenvalue weighted by Gasteiger charge is 2.38. The quantitative estimate of drug-likeness (QED) is 0.416. The van der Waals surface area contributed by atoms with Crippen LogP contribution in [0.2, 0.25) is 0 Å². The van der Waals surface area contributed by atoms with Crippen molar-refractivity contribution >= 4 is 27.1 Å². The zero-order valence-corrected chi connectivity index (χ0v) is 18.5. The number of sulfone groups is 1. The summed E-state index contributed by atoms with van der Waals surface area (Å²) in [7, 11) is -3.97. The minimum absolute atomic E-state index is 0.0123. The molecule has 0 radical (unpaired) electrons. The minimum atomic E-state index is -4.60. The van der Waals surface area contributed by atoms with Gasteiger partial charge in [-0.05, 0) is 50.6 Å². The zero-order chi connectivity index (χ0) is 24.3. The molecule has 0 bridgehead atoms. The largest absolute Gasteiger partial charge is 0.417 e. The van der Waals surface area contributed by atoms with Gasteiger partial charge in [-0.3, -0.25) is 9.78 Å². The van der Waals surface area contributed by atoms with Gasteiger partial charge in [-0.2, -0.15) is 13.2 Å². The molecule has 0 aliphatic carbocycles. The lowest BCUT2D eigenvalue weighted by Crippen LogP contribution is -2.41. The molecule has 174 valence electrons. The number of carbonyl (C=O) groups excluding carboxylic acids is 1. The Balaban J connectivity index is 2.24. The van der Waals surface area contributed by atoms with E-state index in [1.165, 1.54) is 19.9 Å². The first kappa shape index (κ1) is 25.4. The predicted octanol–water partition coefficient (Wildman–Crippen LogP) is 5.01. The fourth-order valence-corrected chi connectivity index (χ4v) is 4.25. The molecule has 1 aromatic heterocycles. The smallest absolute Gasteiger partial charge is 0.321 e. The second kappa shape index (κ2) is 9.35. The highest BCUT2D eigenvalue weighted by atomic mass is 32.2. The van der Waals surface area contributed by atoms with Crippen molar-refractivity contribution in [3.05, 3.63) is 59.2 Å². The van der Waals surface area contributed by atoms with Crippen molar-refractivity contribution in [2.75, 3.05) is 5.32 Å². The van der Waals surface area contributed by atoms with Crippen LogP contribution in [0.5, 0.6) is 0 Å². The minimum Gasteiger partial charge on any atom is -0.321 e. The van der Waals surface area contributed by atoms with E-state index in [1.807, 2.05) is 6.92 Å².